The van der Waals surface area contributed by atoms with Crippen molar-refractivity contribution in [2.24, 2.45) is 0 Å². The monoisotopic (exact) mass is 314 g/mol. The summed E-state index contributed by atoms with van der Waals surface area (Å²) >= 11 is 0. The highest BCUT2D eigenvalue weighted by molar-refractivity contribution is 5.69. The first kappa shape index (κ1) is 20.9. The number of unbranched alkanes of at least 4 members (excludes halogenated alkanes) is 10. The van der Waals surface area contributed by atoms with Gasteiger partial charge in [-0.25, -0.2) is 0 Å². The zero-order chi connectivity index (χ0) is 16.5. The van der Waals surface area contributed by atoms with Gasteiger partial charge < -0.3 is 9.84 Å². The Morgan fingerprint density at radius 1 is 0.727 bits per heavy atom. The van der Waals surface area contributed by atoms with Crippen molar-refractivity contribution in [1.82, 2.24) is 0 Å². The molecular formula is C18H34O4. The molecule has 0 aliphatic carbocycles. The molecule has 0 amide bonds. The first-order chi connectivity index (χ1) is 10.7. The summed E-state index contributed by atoms with van der Waals surface area (Å²) in [5.41, 5.74) is 0. The molecule has 0 aromatic carbocycles. The van der Waals surface area contributed by atoms with Crippen LogP contribution in [-0.4, -0.2) is 23.7 Å². The van der Waals surface area contributed by atoms with Crippen LogP contribution in [0.5, 0.6) is 0 Å². The van der Waals surface area contributed by atoms with Crippen molar-refractivity contribution in [2.75, 3.05) is 6.61 Å². The van der Waals surface area contributed by atoms with E-state index in [1.165, 1.54) is 44.9 Å². The molecular weight excluding hydrogens is 280 g/mol. The van der Waals surface area contributed by atoms with Crippen LogP contribution in [0.4, 0.5) is 0 Å². The van der Waals surface area contributed by atoms with Gasteiger partial charge in [0, 0.05) is 12.8 Å². The quantitative estimate of drug-likeness (QED) is 0.318. The van der Waals surface area contributed by atoms with Gasteiger partial charge in [-0.1, -0.05) is 64.7 Å². The Labute approximate surface area is 135 Å². The summed E-state index contributed by atoms with van der Waals surface area (Å²) in [5.74, 6) is -0.914. The minimum atomic E-state index is -0.770. The van der Waals surface area contributed by atoms with Crippen LogP contribution < -0.4 is 0 Å². The van der Waals surface area contributed by atoms with E-state index in [1.54, 1.807) is 0 Å². The molecule has 0 aromatic heterocycles. The second-order valence-electron chi connectivity index (χ2n) is 6.00. The highest BCUT2D eigenvalue weighted by Crippen LogP contribution is 2.10. The van der Waals surface area contributed by atoms with Gasteiger partial charge in [-0.15, -0.1) is 0 Å². The van der Waals surface area contributed by atoms with Gasteiger partial charge in [0.05, 0.1) is 6.61 Å². The number of carboxylic acid groups (broad SMARTS) is 1. The molecule has 0 rings (SSSR count). The molecule has 0 spiro atoms. The number of esters is 1. The number of ether oxygens (including phenoxy) is 1. The van der Waals surface area contributed by atoms with Crippen LogP contribution in [0.3, 0.4) is 0 Å². The largest absolute Gasteiger partial charge is 0.481 e. The molecule has 0 fully saturated rings. The molecule has 0 heterocycles. The van der Waals surface area contributed by atoms with Crippen LogP contribution in [-0.2, 0) is 14.3 Å². The molecule has 1 N–H and O–H groups in total. The van der Waals surface area contributed by atoms with Crippen molar-refractivity contribution in [1.29, 1.82) is 0 Å². The summed E-state index contributed by atoms with van der Waals surface area (Å²) in [6.07, 6.45) is 14.1. The lowest BCUT2D eigenvalue weighted by Gasteiger charge is -2.05. The predicted octanol–water partition coefficient (Wildman–Crippen LogP) is 5.10. The smallest absolute Gasteiger partial charge is 0.305 e. The van der Waals surface area contributed by atoms with Gasteiger partial charge in [0.1, 0.15) is 0 Å². The van der Waals surface area contributed by atoms with Gasteiger partial charge in [0.2, 0.25) is 0 Å². The maximum atomic E-state index is 11.4. The molecule has 0 atom stereocenters. The van der Waals surface area contributed by atoms with Gasteiger partial charge in [0.25, 0.3) is 0 Å². The van der Waals surface area contributed by atoms with Crippen LogP contribution in [0.1, 0.15) is 96.8 Å². The number of carbonyl (C=O) groups excluding carboxylic acids is 1. The van der Waals surface area contributed by atoms with Crippen molar-refractivity contribution >= 4 is 11.9 Å². The molecule has 0 bridgehead atoms. The Hall–Kier alpha value is -1.06. The van der Waals surface area contributed by atoms with Crippen molar-refractivity contribution in [3.8, 4) is 0 Å². The van der Waals surface area contributed by atoms with Crippen LogP contribution in [0.25, 0.3) is 0 Å². The van der Waals surface area contributed by atoms with Crippen molar-refractivity contribution in [3.63, 3.8) is 0 Å². The van der Waals surface area contributed by atoms with E-state index in [4.69, 9.17) is 9.84 Å². The van der Waals surface area contributed by atoms with Crippen molar-refractivity contribution in [2.45, 2.75) is 96.8 Å². The summed E-state index contributed by atoms with van der Waals surface area (Å²) in [6.45, 7) is 2.77. The number of carboxylic acids is 1. The van der Waals surface area contributed by atoms with E-state index in [0.29, 0.717) is 19.4 Å². The molecule has 0 radical (unpaired) electrons. The highest BCUT2D eigenvalue weighted by Gasteiger charge is 2.03. The Morgan fingerprint density at radius 2 is 1.23 bits per heavy atom. The van der Waals surface area contributed by atoms with E-state index in [2.05, 4.69) is 6.92 Å². The third kappa shape index (κ3) is 17.0. The van der Waals surface area contributed by atoms with Gasteiger partial charge in [-0.2, -0.15) is 0 Å². The van der Waals surface area contributed by atoms with E-state index in [9.17, 15) is 9.59 Å². The van der Waals surface area contributed by atoms with Crippen LogP contribution in [0, 0.1) is 0 Å². The maximum Gasteiger partial charge on any atom is 0.305 e. The lowest BCUT2D eigenvalue weighted by molar-refractivity contribution is -0.143. The molecule has 4 nitrogen and oxygen atoms in total. The average Bonchev–Trinajstić information content (AvgIpc) is 2.48. The van der Waals surface area contributed by atoms with Crippen LogP contribution in [0.2, 0.25) is 0 Å². The van der Waals surface area contributed by atoms with Crippen molar-refractivity contribution in [3.05, 3.63) is 0 Å². The molecule has 0 aromatic rings. The molecule has 0 aliphatic heterocycles. The normalized spacial score (nSPS) is 10.6. The summed E-state index contributed by atoms with van der Waals surface area (Å²) in [5, 5.41) is 8.49. The van der Waals surface area contributed by atoms with E-state index >= 15 is 0 Å². The fourth-order valence-electron chi connectivity index (χ4n) is 2.39. The number of aliphatic carboxylic acids is 1. The first-order valence-corrected chi connectivity index (χ1v) is 9.04. The zero-order valence-electron chi connectivity index (χ0n) is 14.3. The minimum absolute atomic E-state index is 0.144. The standard InChI is InChI=1S/C18H34O4/c1-2-3-4-5-6-7-8-9-13-16-22-18(21)15-12-10-11-14-17(19)20/h2-16H2,1H3,(H,19,20). The molecule has 130 valence electrons. The van der Waals surface area contributed by atoms with Gasteiger partial charge in [0.15, 0.2) is 0 Å². The van der Waals surface area contributed by atoms with Gasteiger partial charge in [-0.3, -0.25) is 9.59 Å². The maximum absolute atomic E-state index is 11.4. The third-order valence-electron chi connectivity index (χ3n) is 3.78. The van der Waals surface area contributed by atoms with Crippen LogP contribution >= 0.6 is 0 Å². The predicted molar refractivity (Wildman–Crippen MR) is 88.9 cm³/mol. The Bertz CT molecular complexity index is 276. The zero-order valence-corrected chi connectivity index (χ0v) is 14.3. The fraction of sp³-hybridized carbons (Fsp3) is 0.889. The molecule has 0 saturated carbocycles. The van der Waals surface area contributed by atoms with E-state index < -0.39 is 5.97 Å². The Balaban J connectivity index is 3.16. The molecule has 4 heteroatoms. The van der Waals surface area contributed by atoms with E-state index in [-0.39, 0.29) is 12.4 Å². The molecule has 22 heavy (non-hydrogen) atoms. The summed E-state index contributed by atoms with van der Waals surface area (Å²) in [6, 6.07) is 0. The van der Waals surface area contributed by atoms with Gasteiger partial charge in [-0.05, 0) is 19.3 Å². The van der Waals surface area contributed by atoms with Gasteiger partial charge >= 0.3 is 11.9 Å². The average molecular weight is 314 g/mol. The Morgan fingerprint density at radius 3 is 1.82 bits per heavy atom. The summed E-state index contributed by atoms with van der Waals surface area (Å²) in [4.78, 5) is 21.8. The van der Waals surface area contributed by atoms with Crippen molar-refractivity contribution < 1.29 is 19.4 Å². The molecule has 0 saturated heterocycles. The lowest BCUT2D eigenvalue weighted by atomic mass is 10.1. The molecule has 0 aliphatic rings. The second kappa shape index (κ2) is 16.3. The SMILES string of the molecule is CCCCCCCCCCCOC(=O)CCCCCC(=O)O. The topological polar surface area (TPSA) is 63.6 Å². The second-order valence-corrected chi connectivity index (χ2v) is 6.00. The third-order valence-corrected chi connectivity index (χ3v) is 3.78. The molecule has 0 unspecified atom stereocenters. The Kier molecular flexibility index (Phi) is 15.5. The minimum Gasteiger partial charge on any atom is -0.481 e. The number of hydrogen-bond donors (Lipinski definition) is 1. The summed E-state index contributed by atoms with van der Waals surface area (Å²) < 4.78 is 5.17. The highest BCUT2D eigenvalue weighted by atomic mass is 16.5. The van der Waals surface area contributed by atoms with E-state index in [0.717, 1.165) is 25.7 Å². The number of hydrogen-bond acceptors (Lipinski definition) is 3. The fourth-order valence-corrected chi connectivity index (χ4v) is 2.39. The first-order valence-electron chi connectivity index (χ1n) is 9.04. The lowest BCUT2D eigenvalue weighted by Crippen LogP contribution is -2.05. The number of rotatable bonds is 16. The number of carbonyl (C=O) groups is 2. The van der Waals surface area contributed by atoms with E-state index in [1.807, 2.05) is 0 Å². The van der Waals surface area contributed by atoms with Crippen LogP contribution in [0.15, 0.2) is 0 Å². The summed E-state index contributed by atoms with van der Waals surface area (Å²) in [7, 11) is 0.